The first kappa shape index (κ1) is 20.1. The molecule has 0 spiro atoms. The van der Waals surface area contributed by atoms with Crippen LogP contribution in [0.1, 0.15) is 24.2 Å². The molecule has 0 aliphatic rings. The first-order chi connectivity index (χ1) is 12.0. The predicted molar refractivity (Wildman–Crippen MR) is 89.5 cm³/mol. The number of hydrogen-bond donors (Lipinski definition) is 2. The van der Waals surface area contributed by atoms with Crippen molar-refractivity contribution in [3.05, 3.63) is 62.4 Å². The topological polar surface area (TPSA) is 93.3 Å². The number of aromatic nitrogens is 2. The van der Waals surface area contributed by atoms with Gasteiger partial charge in [-0.1, -0.05) is 6.07 Å². The highest BCUT2D eigenvalue weighted by Gasteiger charge is 2.30. The van der Waals surface area contributed by atoms with E-state index < -0.39 is 40.3 Å². The summed E-state index contributed by atoms with van der Waals surface area (Å²) in [6, 6.07) is 4.50. The van der Waals surface area contributed by atoms with E-state index in [0.717, 1.165) is 27.3 Å². The Hall–Kier alpha value is -2.24. The van der Waals surface area contributed by atoms with Crippen LogP contribution in [0.2, 0.25) is 0 Å². The van der Waals surface area contributed by atoms with Crippen molar-refractivity contribution < 1.29 is 21.9 Å². The lowest BCUT2D eigenvalue weighted by Gasteiger charge is -2.18. The van der Waals surface area contributed by atoms with Gasteiger partial charge in [0, 0.05) is 18.3 Å². The lowest BCUT2D eigenvalue weighted by molar-refractivity contribution is -0.137. The van der Waals surface area contributed by atoms with Crippen LogP contribution in [0.15, 0.2) is 39.9 Å². The van der Waals surface area contributed by atoms with Crippen molar-refractivity contribution in [2.75, 3.05) is 6.54 Å². The Morgan fingerprint density at radius 2 is 1.92 bits per heavy atom. The van der Waals surface area contributed by atoms with Crippen molar-refractivity contribution in [2.24, 2.45) is 0 Å². The highest BCUT2D eigenvalue weighted by atomic mass is 32.2. The minimum atomic E-state index is -4.58. The first-order valence-electron chi connectivity index (χ1n) is 7.39. The highest BCUT2D eigenvalue weighted by molar-refractivity contribution is 7.77. The number of rotatable bonds is 5. The van der Waals surface area contributed by atoms with Gasteiger partial charge in [0.2, 0.25) is 11.3 Å². The number of benzene rings is 1. The predicted octanol–water partition coefficient (Wildman–Crippen LogP) is 1.61. The zero-order valence-electron chi connectivity index (χ0n) is 13.8. The van der Waals surface area contributed by atoms with Crippen LogP contribution in [0.4, 0.5) is 13.2 Å². The molecule has 1 heterocycles. The maximum atomic E-state index is 12.9. The van der Waals surface area contributed by atoms with Crippen LogP contribution >= 0.6 is 0 Å². The van der Waals surface area contributed by atoms with Crippen molar-refractivity contribution in [2.45, 2.75) is 26.1 Å². The summed E-state index contributed by atoms with van der Waals surface area (Å²) < 4.78 is 62.2. The van der Waals surface area contributed by atoms with Crippen molar-refractivity contribution in [3.63, 3.8) is 0 Å². The Morgan fingerprint density at radius 1 is 1.27 bits per heavy atom. The Balaban J connectivity index is 2.61. The van der Waals surface area contributed by atoms with E-state index in [-0.39, 0.29) is 17.9 Å². The molecule has 0 bridgehead atoms. The van der Waals surface area contributed by atoms with Gasteiger partial charge in [0.05, 0.1) is 17.3 Å². The maximum Gasteiger partial charge on any atom is 0.416 e. The lowest BCUT2D eigenvalue weighted by atomic mass is 10.2. The van der Waals surface area contributed by atoms with Crippen molar-refractivity contribution in [1.29, 1.82) is 0 Å². The normalized spacial score (nSPS) is 14.2. The molecule has 0 aliphatic heterocycles. The average Bonchev–Trinajstić information content (AvgIpc) is 2.52. The second kappa shape index (κ2) is 7.56. The van der Waals surface area contributed by atoms with Gasteiger partial charge in [-0.05, 0) is 32.0 Å². The molecule has 0 saturated heterocycles. The molecule has 2 N–H and O–H groups in total. The highest BCUT2D eigenvalue weighted by Crippen LogP contribution is 2.30. The SMILES string of the molecule is Cc1cc(=O)n([C@H](C)CNS(=O)O)c(=O)n1-c1cccc(C(F)(F)F)c1. The third-order valence-electron chi connectivity index (χ3n) is 3.69. The van der Waals surface area contributed by atoms with Gasteiger partial charge in [-0.15, -0.1) is 0 Å². The fraction of sp³-hybridized carbons (Fsp3) is 0.333. The molecular weight excluding hydrogens is 375 g/mol. The number of aryl methyl sites for hydroxylation is 1. The number of nitrogens with one attached hydrogen (secondary N) is 1. The van der Waals surface area contributed by atoms with Crippen LogP contribution in [-0.2, 0) is 17.4 Å². The van der Waals surface area contributed by atoms with Crippen LogP contribution in [-0.4, -0.2) is 24.4 Å². The second-order valence-corrected chi connectivity index (χ2v) is 6.39. The number of alkyl halides is 3. The van der Waals surface area contributed by atoms with Crippen molar-refractivity contribution >= 4 is 11.3 Å². The van der Waals surface area contributed by atoms with E-state index in [2.05, 4.69) is 4.72 Å². The van der Waals surface area contributed by atoms with Gasteiger partial charge < -0.3 is 0 Å². The third-order valence-corrected chi connectivity index (χ3v) is 4.11. The maximum absolute atomic E-state index is 12.9. The third kappa shape index (κ3) is 4.29. The van der Waals surface area contributed by atoms with Crippen molar-refractivity contribution in [3.8, 4) is 5.69 Å². The minimum absolute atomic E-state index is 0.0398. The molecule has 0 radical (unpaired) electrons. The summed E-state index contributed by atoms with van der Waals surface area (Å²) in [7, 11) is 0. The summed E-state index contributed by atoms with van der Waals surface area (Å²) >= 11 is -2.33. The van der Waals surface area contributed by atoms with Crippen LogP contribution < -0.4 is 16.0 Å². The number of hydrogen-bond acceptors (Lipinski definition) is 3. The Labute approximate surface area is 148 Å². The Bertz CT molecular complexity index is 952. The van der Waals surface area contributed by atoms with Crippen LogP contribution in [0.25, 0.3) is 5.69 Å². The average molecular weight is 391 g/mol. The van der Waals surface area contributed by atoms with E-state index in [9.17, 15) is 27.0 Å². The quantitative estimate of drug-likeness (QED) is 0.758. The van der Waals surface area contributed by atoms with Gasteiger partial charge in [0.1, 0.15) is 0 Å². The molecule has 11 heteroatoms. The Kier molecular flexibility index (Phi) is 5.84. The molecule has 26 heavy (non-hydrogen) atoms. The number of halogens is 3. The molecule has 1 unspecified atom stereocenters. The summed E-state index contributed by atoms with van der Waals surface area (Å²) in [4.78, 5) is 24.9. The molecule has 142 valence electrons. The van der Waals surface area contributed by atoms with Gasteiger partial charge in [-0.2, -0.15) is 13.2 Å². The lowest BCUT2D eigenvalue weighted by Crippen LogP contribution is -2.44. The van der Waals surface area contributed by atoms with E-state index in [4.69, 9.17) is 4.55 Å². The molecule has 0 aliphatic carbocycles. The smallest absolute Gasteiger partial charge is 0.294 e. The van der Waals surface area contributed by atoms with E-state index in [1.807, 2.05) is 0 Å². The van der Waals surface area contributed by atoms with Crippen LogP contribution in [0.5, 0.6) is 0 Å². The summed E-state index contributed by atoms with van der Waals surface area (Å²) in [5, 5.41) is 0. The second-order valence-electron chi connectivity index (χ2n) is 5.61. The van der Waals surface area contributed by atoms with Crippen molar-refractivity contribution in [1.82, 2.24) is 13.9 Å². The van der Waals surface area contributed by atoms with E-state index in [0.29, 0.717) is 0 Å². The first-order valence-corrected chi connectivity index (χ1v) is 8.50. The molecule has 0 fully saturated rings. The molecule has 7 nitrogen and oxygen atoms in total. The van der Waals surface area contributed by atoms with Gasteiger partial charge in [0.15, 0.2) is 0 Å². The zero-order chi connectivity index (χ0) is 19.6. The van der Waals surface area contributed by atoms with E-state index in [1.165, 1.54) is 26.0 Å². The van der Waals surface area contributed by atoms with Crippen LogP contribution in [0.3, 0.4) is 0 Å². The van der Waals surface area contributed by atoms with Gasteiger partial charge in [0.25, 0.3) is 5.56 Å². The molecular formula is C15H16F3N3O4S. The molecule has 2 aromatic rings. The fourth-order valence-corrected chi connectivity index (χ4v) is 2.87. The minimum Gasteiger partial charge on any atom is -0.294 e. The number of nitrogens with zero attached hydrogens (tertiary/aromatic N) is 2. The molecule has 1 aromatic heterocycles. The molecule has 2 atom stereocenters. The summed E-state index contributed by atoms with van der Waals surface area (Å²) in [5.41, 5.74) is -2.30. The summed E-state index contributed by atoms with van der Waals surface area (Å²) in [6.07, 6.45) is -4.58. The van der Waals surface area contributed by atoms with Gasteiger partial charge in [-0.3, -0.25) is 18.5 Å². The van der Waals surface area contributed by atoms with Gasteiger partial charge in [-0.25, -0.2) is 13.7 Å². The summed E-state index contributed by atoms with van der Waals surface area (Å²) in [6.45, 7) is 2.73. The summed E-state index contributed by atoms with van der Waals surface area (Å²) in [5.74, 6) is 0. The Morgan fingerprint density at radius 3 is 2.50 bits per heavy atom. The monoisotopic (exact) mass is 391 g/mol. The zero-order valence-corrected chi connectivity index (χ0v) is 14.6. The largest absolute Gasteiger partial charge is 0.416 e. The van der Waals surface area contributed by atoms with E-state index in [1.54, 1.807) is 0 Å². The fourth-order valence-electron chi connectivity index (χ4n) is 2.49. The molecule has 0 amide bonds. The van der Waals surface area contributed by atoms with Gasteiger partial charge >= 0.3 is 11.9 Å². The molecule has 2 rings (SSSR count). The molecule has 0 saturated carbocycles. The standard InChI is InChI=1S/C15H16F3N3O4S/c1-9-6-13(22)21(10(2)8-19-26(24)25)14(23)20(9)12-5-3-4-11(7-12)15(16,17)18/h3-7,10,19H,8H2,1-2H3,(H,24,25)/t10-/m1/s1. The van der Waals surface area contributed by atoms with E-state index >= 15 is 0 Å². The van der Waals surface area contributed by atoms with Crippen LogP contribution in [0, 0.1) is 6.92 Å². The molecule has 1 aromatic carbocycles.